The van der Waals surface area contributed by atoms with Crippen molar-refractivity contribution in [3.8, 4) is 0 Å². The molecule has 2 rings (SSSR count). The maximum absolute atomic E-state index is 13.6. The van der Waals surface area contributed by atoms with E-state index in [1.165, 1.54) is 12.0 Å². The molecule has 1 saturated carbocycles. The average Bonchev–Trinajstić information content (AvgIpc) is 3.08. The fourth-order valence-electron chi connectivity index (χ4n) is 4.53. The van der Waals surface area contributed by atoms with Crippen LogP contribution in [-0.2, 0) is 27.5 Å². The van der Waals surface area contributed by atoms with Gasteiger partial charge in [0.15, 0.2) is 14.6 Å². The average molecular weight is 557 g/mol. The molecule has 0 aromatic carbocycles. The minimum atomic E-state index is -3.37. The van der Waals surface area contributed by atoms with Gasteiger partial charge < -0.3 is 22.9 Å². The van der Waals surface area contributed by atoms with Crippen LogP contribution in [-0.4, -0.2) is 47.1 Å². The predicted octanol–water partition coefficient (Wildman–Crippen LogP) is 8.76. The first-order valence-corrected chi connectivity index (χ1v) is 18.6. The van der Waals surface area contributed by atoms with Gasteiger partial charge in [-0.1, -0.05) is 51.5 Å². The molecular weight excluding hydrogens is 503 g/mol. The normalized spacial score (nSPS) is 27.5. The molecule has 1 unspecified atom stereocenters. The third kappa shape index (κ3) is 9.86. The summed E-state index contributed by atoms with van der Waals surface area (Å²) in [5, 5.41) is 0.0864. The standard InChI is InChI=1S/C29H53O6PSi/c1-10-33-36(30,34-11-2)23-25-26(35-37(8,9)28(4,5)6)17-20-29(25,7)19-14-15-24(3)18-22-32-27-16-12-13-21-31-27/h14,18-19,23,26-27H,10-13,15-17,20-22H2,1-9H3/b19-14+,24-18+,25-23+/t26-,27?,29+/m0/s1. The van der Waals surface area contributed by atoms with Crippen LogP contribution in [0.1, 0.15) is 87.0 Å². The van der Waals surface area contributed by atoms with E-state index >= 15 is 0 Å². The van der Waals surface area contributed by atoms with E-state index in [4.69, 9.17) is 22.9 Å². The summed E-state index contributed by atoms with van der Waals surface area (Å²) in [7, 11) is -5.41. The Labute approximate surface area is 227 Å². The van der Waals surface area contributed by atoms with Gasteiger partial charge in [-0.15, -0.1) is 0 Å². The smallest absolute Gasteiger partial charge is 0.354 e. The third-order valence-electron chi connectivity index (χ3n) is 7.87. The number of allylic oxidation sites excluding steroid dienone is 3. The Morgan fingerprint density at radius 3 is 2.41 bits per heavy atom. The lowest BCUT2D eigenvalue weighted by Crippen LogP contribution is -2.44. The molecule has 0 spiro atoms. The summed E-state index contributed by atoms with van der Waals surface area (Å²) in [6.07, 6.45) is 12.4. The van der Waals surface area contributed by atoms with Crippen molar-refractivity contribution < 1.29 is 27.5 Å². The Hall–Kier alpha value is -0.533. The van der Waals surface area contributed by atoms with Crippen LogP contribution < -0.4 is 0 Å². The summed E-state index contributed by atoms with van der Waals surface area (Å²) in [5.74, 6) is 1.77. The van der Waals surface area contributed by atoms with Crippen molar-refractivity contribution in [2.24, 2.45) is 5.41 Å². The van der Waals surface area contributed by atoms with E-state index < -0.39 is 15.9 Å². The minimum absolute atomic E-state index is 0.0670. The molecule has 2 aliphatic rings. The van der Waals surface area contributed by atoms with Gasteiger partial charge in [0.05, 0.1) is 25.9 Å². The Balaban J connectivity index is 2.21. The van der Waals surface area contributed by atoms with E-state index in [1.54, 1.807) is 5.82 Å². The highest BCUT2D eigenvalue weighted by Gasteiger charge is 2.46. The molecule has 0 amide bonds. The molecule has 0 aromatic heterocycles. The van der Waals surface area contributed by atoms with Crippen LogP contribution in [0, 0.1) is 5.41 Å². The Bertz CT molecular complexity index is 843. The van der Waals surface area contributed by atoms with E-state index in [0.717, 1.165) is 44.3 Å². The molecule has 2 fully saturated rings. The molecule has 214 valence electrons. The van der Waals surface area contributed by atoms with Crippen LogP contribution in [0.2, 0.25) is 18.1 Å². The quantitative estimate of drug-likeness (QED) is 0.128. The van der Waals surface area contributed by atoms with Gasteiger partial charge in [0.1, 0.15) is 0 Å². The number of rotatable bonds is 13. The molecule has 8 heteroatoms. The number of hydrogen-bond donors (Lipinski definition) is 0. The summed E-state index contributed by atoms with van der Waals surface area (Å²) in [6, 6.07) is 0. The van der Waals surface area contributed by atoms with E-state index in [9.17, 15) is 4.57 Å². The van der Waals surface area contributed by atoms with E-state index in [1.807, 2.05) is 13.8 Å². The van der Waals surface area contributed by atoms with Crippen LogP contribution in [0.4, 0.5) is 0 Å². The Kier molecular flexibility index (Phi) is 12.5. The van der Waals surface area contributed by atoms with Crippen molar-refractivity contribution in [1.82, 2.24) is 0 Å². The van der Waals surface area contributed by atoms with Gasteiger partial charge in [-0.2, -0.15) is 0 Å². The molecule has 1 saturated heterocycles. The molecule has 3 atom stereocenters. The lowest BCUT2D eigenvalue weighted by Gasteiger charge is -2.39. The van der Waals surface area contributed by atoms with E-state index in [2.05, 4.69) is 65.9 Å². The molecule has 1 heterocycles. The van der Waals surface area contributed by atoms with Gasteiger partial charge in [0.2, 0.25) is 0 Å². The molecule has 1 aliphatic heterocycles. The second-order valence-corrected chi connectivity index (χ2v) is 18.7. The molecule has 0 aromatic rings. The van der Waals surface area contributed by atoms with Crippen LogP contribution in [0.5, 0.6) is 0 Å². The summed E-state index contributed by atoms with van der Waals surface area (Å²) in [6.45, 7) is 21.4. The largest absolute Gasteiger partial charge is 0.410 e. The molecule has 1 aliphatic carbocycles. The van der Waals surface area contributed by atoms with Gasteiger partial charge >= 0.3 is 7.60 Å². The van der Waals surface area contributed by atoms with Crippen LogP contribution in [0.3, 0.4) is 0 Å². The SMILES string of the molecule is CCOP(=O)(/C=C1\[C@@H](O[Si](C)(C)C(C)(C)C)CC[C@@]1(C)/C=C/C/C(C)=C/COC1CCCCO1)OCC. The zero-order chi connectivity index (χ0) is 27.7. The molecule has 37 heavy (non-hydrogen) atoms. The molecule has 0 N–H and O–H groups in total. The lowest BCUT2D eigenvalue weighted by molar-refractivity contribution is -0.155. The second-order valence-electron chi connectivity index (χ2n) is 12.1. The Morgan fingerprint density at radius 2 is 1.84 bits per heavy atom. The van der Waals surface area contributed by atoms with Crippen molar-refractivity contribution in [3.05, 3.63) is 35.2 Å². The van der Waals surface area contributed by atoms with Crippen molar-refractivity contribution in [3.63, 3.8) is 0 Å². The maximum atomic E-state index is 13.6. The van der Waals surface area contributed by atoms with Gasteiger partial charge in [0, 0.05) is 17.8 Å². The molecule has 6 nitrogen and oxygen atoms in total. The van der Waals surface area contributed by atoms with Crippen molar-refractivity contribution >= 4 is 15.9 Å². The topological polar surface area (TPSA) is 63.2 Å². The predicted molar refractivity (Wildman–Crippen MR) is 155 cm³/mol. The van der Waals surface area contributed by atoms with Gasteiger partial charge in [0.25, 0.3) is 0 Å². The van der Waals surface area contributed by atoms with Crippen LogP contribution >= 0.6 is 7.60 Å². The fourth-order valence-corrected chi connectivity index (χ4v) is 7.59. The highest BCUT2D eigenvalue weighted by molar-refractivity contribution is 7.57. The monoisotopic (exact) mass is 556 g/mol. The number of hydrogen-bond acceptors (Lipinski definition) is 6. The summed E-state index contributed by atoms with van der Waals surface area (Å²) >= 11 is 0. The molecular formula is C29H53O6PSi. The number of ether oxygens (including phenoxy) is 2. The fraction of sp³-hybridized carbons (Fsp3) is 0.793. The van der Waals surface area contributed by atoms with Gasteiger partial charge in [-0.25, -0.2) is 0 Å². The lowest BCUT2D eigenvalue weighted by atomic mass is 9.84. The van der Waals surface area contributed by atoms with Crippen LogP contribution in [0.25, 0.3) is 0 Å². The van der Waals surface area contributed by atoms with Crippen LogP contribution in [0.15, 0.2) is 35.2 Å². The zero-order valence-electron chi connectivity index (χ0n) is 24.9. The summed E-state index contributed by atoms with van der Waals surface area (Å²) in [4.78, 5) is 0. The van der Waals surface area contributed by atoms with E-state index in [-0.39, 0.29) is 22.8 Å². The highest BCUT2D eigenvalue weighted by atomic mass is 31.2. The minimum Gasteiger partial charge on any atom is -0.410 e. The Morgan fingerprint density at radius 1 is 1.16 bits per heavy atom. The highest BCUT2D eigenvalue weighted by Crippen LogP contribution is 2.57. The van der Waals surface area contributed by atoms with Crippen molar-refractivity contribution in [2.45, 2.75) is 118 Å². The van der Waals surface area contributed by atoms with Gasteiger partial charge in [-0.05, 0) is 83.0 Å². The van der Waals surface area contributed by atoms with Crippen molar-refractivity contribution in [2.75, 3.05) is 26.4 Å². The summed E-state index contributed by atoms with van der Waals surface area (Å²) < 4.78 is 43.3. The first-order valence-electron chi connectivity index (χ1n) is 14.1. The maximum Gasteiger partial charge on any atom is 0.354 e. The zero-order valence-corrected chi connectivity index (χ0v) is 26.8. The third-order valence-corrected chi connectivity index (χ3v) is 14.2. The molecule has 0 bridgehead atoms. The second kappa shape index (κ2) is 14.2. The molecule has 0 radical (unpaired) electrons. The van der Waals surface area contributed by atoms with Gasteiger partial charge in [-0.3, -0.25) is 4.57 Å². The van der Waals surface area contributed by atoms with E-state index in [0.29, 0.717) is 19.8 Å². The first kappa shape index (κ1) is 32.7. The first-order chi connectivity index (χ1) is 17.3. The summed E-state index contributed by atoms with van der Waals surface area (Å²) in [5.41, 5.74) is 2.00. The van der Waals surface area contributed by atoms with Crippen molar-refractivity contribution in [1.29, 1.82) is 0 Å².